The molecule has 2 saturated heterocycles. The van der Waals surface area contributed by atoms with Crippen LogP contribution in [0.25, 0.3) is 0 Å². The van der Waals surface area contributed by atoms with Crippen LogP contribution in [-0.4, -0.2) is 56.1 Å². The Bertz CT molecular complexity index is 557. The van der Waals surface area contributed by atoms with Gasteiger partial charge in [0, 0.05) is 13.0 Å². The Kier molecular flexibility index (Phi) is 2.88. The fourth-order valence-electron chi connectivity index (χ4n) is 2.55. The predicted molar refractivity (Wildman–Crippen MR) is 65.2 cm³/mol. The molecule has 1 aromatic rings. The van der Waals surface area contributed by atoms with Crippen molar-refractivity contribution in [2.45, 2.75) is 24.9 Å². The van der Waals surface area contributed by atoms with E-state index in [2.05, 4.69) is 20.7 Å². The van der Waals surface area contributed by atoms with Crippen molar-refractivity contribution in [2.24, 2.45) is 0 Å². The van der Waals surface area contributed by atoms with Gasteiger partial charge in [-0.25, -0.2) is 9.78 Å². The summed E-state index contributed by atoms with van der Waals surface area (Å²) in [5, 5.41) is 8.75. The molecule has 9 heteroatoms. The molecule has 2 N–H and O–H groups in total. The second kappa shape index (κ2) is 4.58. The molecule has 4 amide bonds. The van der Waals surface area contributed by atoms with Crippen molar-refractivity contribution in [3.05, 3.63) is 12.7 Å². The molecule has 3 heterocycles. The minimum absolute atomic E-state index is 0.0636. The molecule has 2 aliphatic rings. The van der Waals surface area contributed by atoms with Gasteiger partial charge >= 0.3 is 6.03 Å². The fourth-order valence-corrected chi connectivity index (χ4v) is 2.55. The lowest BCUT2D eigenvalue weighted by atomic mass is 10.00. The number of likely N-dealkylation sites (tertiary alicyclic amines) is 1. The summed E-state index contributed by atoms with van der Waals surface area (Å²) < 4.78 is 1.58. The van der Waals surface area contributed by atoms with Crippen LogP contribution in [0, 0.1) is 0 Å². The topological polar surface area (TPSA) is 109 Å². The third kappa shape index (κ3) is 2.10. The first-order valence-corrected chi connectivity index (χ1v) is 6.33. The van der Waals surface area contributed by atoms with Gasteiger partial charge in [-0.15, -0.1) is 0 Å². The highest BCUT2D eigenvalue weighted by Crippen LogP contribution is 2.25. The first kappa shape index (κ1) is 12.6. The number of hydrogen-bond donors (Lipinski definition) is 2. The number of imide groups is 1. The second-order valence-electron chi connectivity index (χ2n) is 4.96. The number of hydrogen-bond acceptors (Lipinski definition) is 5. The largest absolute Gasteiger partial charge is 0.340 e. The second-order valence-corrected chi connectivity index (χ2v) is 4.96. The van der Waals surface area contributed by atoms with Gasteiger partial charge in [-0.1, -0.05) is 0 Å². The summed E-state index contributed by atoms with van der Waals surface area (Å²) in [5.74, 6) is -0.416. The Balaban J connectivity index is 1.58. The SMILES string of the molecule is O=C1NC(=O)C2(CCN(C(=O)CCn3cncn3)C2)N1. The number of carbonyl (C=O) groups is 3. The zero-order valence-corrected chi connectivity index (χ0v) is 10.7. The van der Waals surface area contributed by atoms with Crippen molar-refractivity contribution in [2.75, 3.05) is 13.1 Å². The summed E-state index contributed by atoms with van der Waals surface area (Å²) in [5.41, 5.74) is -0.944. The van der Waals surface area contributed by atoms with Crippen molar-refractivity contribution < 1.29 is 14.4 Å². The van der Waals surface area contributed by atoms with E-state index in [1.54, 1.807) is 15.9 Å². The molecule has 1 atom stereocenters. The molecule has 20 heavy (non-hydrogen) atoms. The van der Waals surface area contributed by atoms with E-state index in [4.69, 9.17) is 0 Å². The first-order valence-electron chi connectivity index (χ1n) is 6.33. The number of aryl methyl sites for hydroxylation is 1. The van der Waals surface area contributed by atoms with Gasteiger partial charge in [0.2, 0.25) is 5.91 Å². The monoisotopic (exact) mass is 278 g/mol. The molecule has 0 radical (unpaired) electrons. The van der Waals surface area contributed by atoms with Crippen LogP contribution in [0.4, 0.5) is 4.79 Å². The average molecular weight is 278 g/mol. The highest BCUT2D eigenvalue weighted by molar-refractivity contribution is 6.07. The number of rotatable bonds is 3. The minimum Gasteiger partial charge on any atom is -0.340 e. The van der Waals surface area contributed by atoms with Crippen LogP contribution in [0.15, 0.2) is 12.7 Å². The molecule has 106 valence electrons. The summed E-state index contributed by atoms with van der Waals surface area (Å²) >= 11 is 0. The van der Waals surface area contributed by atoms with Gasteiger partial charge in [0.15, 0.2) is 0 Å². The van der Waals surface area contributed by atoms with Gasteiger partial charge in [0.1, 0.15) is 18.2 Å². The quantitative estimate of drug-likeness (QED) is 0.652. The Morgan fingerprint density at radius 3 is 2.95 bits per heavy atom. The van der Waals surface area contributed by atoms with E-state index in [0.29, 0.717) is 19.5 Å². The number of nitrogens with one attached hydrogen (secondary N) is 2. The van der Waals surface area contributed by atoms with E-state index in [9.17, 15) is 14.4 Å². The van der Waals surface area contributed by atoms with Crippen molar-refractivity contribution in [1.29, 1.82) is 0 Å². The Hall–Kier alpha value is -2.45. The maximum absolute atomic E-state index is 12.1. The molecule has 0 aromatic carbocycles. The van der Waals surface area contributed by atoms with Gasteiger partial charge in [-0.2, -0.15) is 5.10 Å². The molecule has 1 aromatic heterocycles. The number of carbonyl (C=O) groups excluding carboxylic acids is 3. The lowest BCUT2D eigenvalue weighted by Crippen LogP contribution is -2.49. The summed E-state index contributed by atoms with van der Waals surface area (Å²) in [4.78, 5) is 40.5. The fraction of sp³-hybridized carbons (Fsp3) is 0.545. The number of urea groups is 1. The molecule has 9 nitrogen and oxygen atoms in total. The molecule has 1 unspecified atom stereocenters. The third-order valence-electron chi connectivity index (χ3n) is 3.66. The summed E-state index contributed by atoms with van der Waals surface area (Å²) in [6.07, 6.45) is 3.69. The van der Waals surface area contributed by atoms with Gasteiger partial charge in [0.25, 0.3) is 5.91 Å². The number of nitrogens with zero attached hydrogens (tertiary/aromatic N) is 4. The van der Waals surface area contributed by atoms with Crippen LogP contribution in [0.1, 0.15) is 12.8 Å². The molecule has 3 rings (SSSR count). The standard InChI is InChI=1S/C11H14N6O3/c18-8(1-3-17-7-12-6-13-17)16-4-2-11(5-16)9(19)14-10(20)15-11/h6-7H,1-5H2,(H2,14,15,19,20). The Morgan fingerprint density at radius 2 is 2.30 bits per heavy atom. The van der Waals surface area contributed by atoms with Crippen LogP contribution in [0.3, 0.4) is 0 Å². The van der Waals surface area contributed by atoms with Crippen molar-refractivity contribution in [3.8, 4) is 0 Å². The highest BCUT2D eigenvalue weighted by atomic mass is 16.2. The van der Waals surface area contributed by atoms with Crippen LogP contribution >= 0.6 is 0 Å². The highest BCUT2D eigenvalue weighted by Gasteiger charge is 2.51. The van der Waals surface area contributed by atoms with Crippen LogP contribution in [0.5, 0.6) is 0 Å². The normalized spacial score (nSPS) is 25.1. The maximum Gasteiger partial charge on any atom is 0.322 e. The van der Waals surface area contributed by atoms with Crippen LogP contribution < -0.4 is 10.6 Å². The number of amides is 4. The molecule has 2 aliphatic heterocycles. The summed E-state index contributed by atoms with van der Waals surface area (Å²) in [6, 6.07) is -0.494. The Labute approximate surface area is 114 Å². The molecule has 0 saturated carbocycles. The lowest BCUT2D eigenvalue weighted by molar-refractivity contribution is -0.131. The smallest absolute Gasteiger partial charge is 0.322 e. The molecule has 2 fully saturated rings. The molecule has 1 spiro atoms. The molecule has 0 aliphatic carbocycles. The summed E-state index contributed by atoms with van der Waals surface area (Å²) in [7, 11) is 0. The maximum atomic E-state index is 12.1. The predicted octanol–water partition coefficient (Wildman–Crippen LogP) is -1.52. The Morgan fingerprint density at radius 1 is 1.45 bits per heavy atom. The van der Waals surface area contributed by atoms with Gasteiger partial charge in [-0.05, 0) is 6.42 Å². The first-order chi connectivity index (χ1) is 9.59. The van der Waals surface area contributed by atoms with Crippen molar-refractivity contribution >= 4 is 17.8 Å². The average Bonchev–Trinajstić information content (AvgIpc) is 3.10. The van der Waals surface area contributed by atoms with E-state index in [1.807, 2.05) is 0 Å². The van der Waals surface area contributed by atoms with E-state index >= 15 is 0 Å². The van der Waals surface area contributed by atoms with Crippen molar-refractivity contribution in [3.63, 3.8) is 0 Å². The van der Waals surface area contributed by atoms with Gasteiger partial charge in [0.05, 0.1) is 13.1 Å². The minimum atomic E-state index is -0.944. The lowest BCUT2D eigenvalue weighted by Gasteiger charge is -2.21. The summed E-state index contributed by atoms with van der Waals surface area (Å²) in [6.45, 7) is 1.13. The van der Waals surface area contributed by atoms with E-state index < -0.39 is 11.6 Å². The van der Waals surface area contributed by atoms with Gasteiger partial charge < -0.3 is 10.2 Å². The zero-order valence-electron chi connectivity index (χ0n) is 10.7. The molecular formula is C11H14N6O3. The van der Waals surface area contributed by atoms with E-state index in [1.165, 1.54) is 6.33 Å². The molecule has 0 bridgehead atoms. The van der Waals surface area contributed by atoms with Crippen LogP contribution in [0.2, 0.25) is 0 Å². The van der Waals surface area contributed by atoms with E-state index in [0.717, 1.165) is 0 Å². The van der Waals surface area contributed by atoms with E-state index in [-0.39, 0.29) is 24.8 Å². The number of aromatic nitrogens is 3. The van der Waals surface area contributed by atoms with Gasteiger partial charge in [-0.3, -0.25) is 19.6 Å². The van der Waals surface area contributed by atoms with Crippen LogP contribution in [-0.2, 0) is 16.1 Å². The zero-order chi connectivity index (χ0) is 14.2. The molecular weight excluding hydrogens is 264 g/mol. The third-order valence-corrected chi connectivity index (χ3v) is 3.66. The van der Waals surface area contributed by atoms with Crippen molar-refractivity contribution in [1.82, 2.24) is 30.3 Å².